The first-order chi connectivity index (χ1) is 17.1. The fraction of sp³-hybridized carbons (Fsp3) is 0.174. The summed E-state index contributed by atoms with van der Waals surface area (Å²) in [4.78, 5) is 28.1. The molecule has 2 aromatic carbocycles. The van der Waals surface area contributed by atoms with Crippen LogP contribution in [-0.2, 0) is 6.18 Å². The van der Waals surface area contributed by atoms with Gasteiger partial charge in [-0.15, -0.1) is 13.2 Å². The van der Waals surface area contributed by atoms with E-state index in [0.717, 1.165) is 38.2 Å². The normalized spacial score (nSPS) is 11.7. The van der Waals surface area contributed by atoms with Gasteiger partial charge < -0.3 is 20.5 Å². The molecule has 0 fully saturated rings. The van der Waals surface area contributed by atoms with Crippen molar-refractivity contribution < 1.29 is 49.8 Å². The quantitative estimate of drug-likeness (QED) is 0.386. The standard InChI is InChI=1S/C23H16F7N3O4/c1-10-13(22(25,26)27)3-4-16(18(10)21(35)33-12-7-8-32-14(9-12)20(31)34)36-15-5-6-17(19(24)11(15)2)37-23(28,29)30/h3-9H,1-2H3,(H2,31,34)(H,32,33,35). The highest BCUT2D eigenvalue weighted by atomic mass is 19.4. The predicted molar refractivity (Wildman–Crippen MR) is 115 cm³/mol. The van der Waals surface area contributed by atoms with Gasteiger partial charge in [0.2, 0.25) is 0 Å². The molecule has 2 amide bonds. The van der Waals surface area contributed by atoms with Crippen molar-refractivity contribution in [3.05, 3.63) is 76.4 Å². The molecule has 7 nitrogen and oxygen atoms in total. The van der Waals surface area contributed by atoms with Gasteiger partial charge in [0.1, 0.15) is 17.2 Å². The minimum Gasteiger partial charge on any atom is -0.456 e. The maximum absolute atomic E-state index is 14.5. The number of benzene rings is 2. The van der Waals surface area contributed by atoms with Gasteiger partial charge in [0.15, 0.2) is 11.6 Å². The van der Waals surface area contributed by atoms with E-state index in [1.165, 1.54) is 6.07 Å². The van der Waals surface area contributed by atoms with Gasteiger partial charge in [-0.25, -0.2) is 4.39 Å². The number of pyridine rings is 1. The lowest BCUT2D eigenvalue weighted by Gasteiger charge is -2.19. The summed E-state index contributed by atoms with van der Waals surface area (Å²) in [6.07, 6.45) is -8.90. The zero-order valence-electron chi connectivity index (χ0n) is 18.8. The Morgan fingerprint density at radius 1 is 0.919 bits per heavy atom. The lowest BCUT2D eigenvalue weighted by molar-refractivity contribution is -0.275. The predicted octanol–water partition coefficient (Wildman–Crippen LogP) is 5.90. The molecule has 1 heterocycles. The average molecular weight is 531 g/mol. The van der Waals surface area contributed by atoms with E-state index in [0.29, 0.717) is 12.1 Å². The second kappa shape index (κ2) is 9.95. The lowest BCUT2D eigenvalue weighted by Crippen LogP contribution is -2.19. The highest BCUT2D eigenvalue weighted by Crippen LogP contribution is 2.40. The molecule has 3 rings (SSSR count). The van der Waals surface area contributed by atoms with Gasteiger partial charge >= 0.3 is 12.5 Å². The summed E-state index contributed by atoms with van der Waals surface area (Å²) in [5.74, 6) is -5.46. The minimum absolute atomic E-state index is 0.0348. The van der Waals surface area contributed by atoms with E-state index in [2.05, 4.69) is 15.0 Å². The van der Waals surface area contributed by atoms with Gasteiger partial charge in [0, 0.05) is 17.4 Å². The summed E-state index contributed by atoms with van der Waals surface area (Å²) in [6.45, 7) is 2.05. The maximum Gasteiger partial charge on any atom is 0.573 e. The first-order valence-electron chi connectivity index (χ1n) is 10.1. The number of halogens is 7. The van der Waals surface area contributed by atoms with Crippen LogP contribution in [0, 0.1) is 19.7 Å². The summed E-state index contributed by atoms with van der Waals surface area (Å²) in [7, 11) is 0. The number of anilines is 1. The lowest BCUT2D eigenvalue weighted by atomic mass is 9.99. The largest absolute Gasteiger partial charge is 0.573 e. The number of nitrogens with two attached hydrogens (primary N) is 1. The Bertz CT molecular complexity index is 1370. The number of nitrogens with one attached hydrogen (secondary N) is 1. The van der Waals surface area contributed by atoms with E-state index < -0.39 is 63.9 Å². The number of carbonyl (C=O) groups is 2. The number of alkyl halides is 6. The molecule has 14 heteroatoms. The molecule has 0 aliphatic carbocycles. The first kappa shape index (κ1) is 27.2. The van der Waals surface area contributed by atoms with E-state index in [1.54, 1.807) is 0 Å². The zero-order chi connectivity index (χ0) is 27.7. The molecule has 0 saturated heterocycles. The number of carbonyl (C=O) groups excluding carboxylic acids is 2. The third-order valence-electron chi connectivity index (χ3n) is 4.98. The van der Waals surface area contributed by atoms with Gasteiger partial charge in [-0.3, -0.25) is 14.6 Å². The van der Waals surface area contributed by atoms with E-state index in [9.17, 15) is 40.3 Å². The molecule has 0 bridgehead atoms. The van der Waals surface area contributed by atoms with E-state index >= 15 is 0 Å². The molecule has 0 unspecified atom stereocenters. The Morgan fingerprint density at radius 3 is 2.14 bits per heavy atom. The Kier molecular flexibility index (Phi) is 7.32. The molecule has 0 aliphatic heterocycles. The molecule has 37 heavy (non-hydrogen) atoms. The number of nitrogens with zero attached hydrogens (tertiary/aromatic N) is 1. The van der Waals surface area contributed by atoms with Crippen molar-refractivity contribution in [1.29, 1.82) is 0 Å². The number of hydrogen-bond donors (Lipinski definition) is 2. The SMILES string of the molecule is Cc1c(Oc2ccc(C(F)(F)F)c(C)c2C(=O)Nc2ccnc(C(N)=O)c2)ccc(OC(F)(F)F)c1F. The van der Waals surface area contributed by atoms with Crippen LogP contribution in [0.15, 0.2) is 42.6 Å². The number of rotatable bonds is 6. The number of ether oxygens (including phenoxy) is 2. The third kappa shape index (κ3) is 6.26. The molecule has 0 saturated carbocycles. The Labute approximate surface area is 204 Å². The number of hydrogen-bond acceptors (Lipinski definition) is 5. The highest BCUT2D eigenvalue weighted by Gasteiger charge is 2.36. The zero-order valence-corrected chi connectivity index (χ0v) is 18.8. The van der Waals surface area contributed by atoms with Crippen LogP contribution in [0.2, 0.25) is 0 Å². The maximum atomic E-state index is 14.5. The van der Waals surface area contributed by atoms with Crippen molar-refractivity contribution in [3.8, 4) is 17.2 Å². The molecule has 0 radical (unpaired) electrons. The molecule has 196 valence electrons. The van der Waals surface area contributed by atoms with Crippen LogP contribution in [0.25, 0.3) is 0 Å². The number of aromatic nitrogens is 1. The van der Waals surface area contributed by atoms with E-state index in [1.807, 2.05) is 0 Å². The van der Waals surface area contributed by atoms with Crippen LogP contribution >= 0.6 is 0 Å². The fourth-order valence-corrected chi connectivity index (χ4v) is 3.27. The second-order valence-electron chi connectivity index (χ2n) is 7.51. The van der Waals surface area contributed by atoms with Crippen molar-refractivity contribution in [2.75, 3.05) is 5.32 Å². The van der Waals surface area contributed by atoms with Crippen LogP contribution in [0.3, 0.4) is 0 Å². The molecule has 3 N–H and O–H groups in total. The molecular formula is C23H16F7N3O4. The smallest absolute Gasteiger partial charge is 0.456 e. The van der Waals surface area contributed by atoms with Gasteiger partial charge in [-0.1, -0.05) is 0 Å². The van der Waals surface area contributed by atoms with Gasteiger partial charge in [0.25, 0.3) is 11.8 Å². The summed E-state index contributed by atoms with van der Waals surface area (Å²) in [5, 5.41) is 2.31. The summed E-state index contributed by atoms with van der Waals surface area (Å²) >= 11 is 0. The highest BCUT2D eigenvalue weighted by molar-refractivity contribution is 6.08. The molecule has 0 aliphatic rings. The van der Waals surface area contributed by atoms with Crippen molar-refractivity contribution in [2.24, 2.45) is 5.73 Å². The van der Waals surface area contributed by atoms with Gasteiger partial charge in [0.05, 0.1) is 11.1 Å². The van der Waals surface area contributed by atoms with Crippen molar-refractivity contribution in [3.63, 3.8) is 0 Å². The Hall–Kier alpha value is -4.36. The molecule has 0 spiro atoms. The third-order valence-corrected chi connectivity index (χ3v) is 4.98. The Balaban J connectivity index is 2.06. The molecule has 0 atom stereocenters. The minimum atomic E-state index is -5.17. The molecular weight excluding hydrogens is 515 g/mol. The monoisotopic (exact) mass is 531 g/mol. The van der Waals surface area contributed by atoms with Crippen LogP contribution in [0.1, 0.15) is 37.5 Å². The Morgan fingerprint density at radius 2 is 1.54 bits per heavy atom. The van der Waals surface area contributed by atoms with Crippen LogP contribution < -0.4 is 20.5 Å². The van der Waals surface area contributed by atoms with Crippen LogP contribution in [0.4, 0.5) is 36.4 Å². The summed E-state index contributed by atoms with van der Waals surface area (Å²) < 4.78 is 102. The van der Waals surface area contributed by atoms with Gasteiger partial charge in [-0.2, -0.15) is 13.2 Å². The van der Waals surface area contributed by atoms with Crippen molar-refractivity contribution >= 4 is 17.5 Å². The molecule has 1 aromatic heterocycles. The summed E-state index contributed by atoms with van der Waals surface area (Å²) in [5.41, 5.74) is 2.07. The van der Waals surface area contributed by atoms with E-state index in [4.69, 9.17) is 10.5 Å². The van der Waals surface area contributed by atoms with Crippen LogP contribution in [0.5, 0.6) is 17.2 Å². The summed E-state index contributed by atoms with van der Waals surface area (Å²) in [6, 6.07) is 5.28. The van der Waals surface area contributed by atoms with Crippen LogP contribution in [-0.4, -0.2) is 23.2 Å². The van der Waals surface area contributed by atoms with Crippen molar-refractivity contribution in [2.45, 2.75) is 26.4 Å². The molecule has 3 aromatic rings. The number of primary amides is 1. The first-order valence-corrected chi connectivity index (χ1v) is 10.1. The average Bonchev–Trinajstić information content (AvgIpc) is 2.77. The van der Waals surface area contributed by atoms with Crippen molar-refractivity contribution in [1.82, 2.24) is 4.98 Å². The van der Waals surface area contributed by atoms with E-state index in [-0.39, 0.29) is 17.1 Å². The van der Waals surface area contributed by atoms with Gasteiger partial charge in [-0.05, 0) is 55.8 Å². The topological polar surface area (TPSA) is 104 Å². The number of amides is 2. The second-order valence-corrected chi connectivity index (χ2v) is 7.51. The fourth-order valence-electron chi connectivity index (χ4n) is 3.27.